The van der Waals surface area contributed by atoms with Crippen molar-refractivity contribution in [3.05, 3.63) is 35.1 Å². The van der Waals surface area contributed by atoms with Crippen LogP contribution in [0.25, 0.3) is 0 Å². The maximum Gasteiger partial charge on any atom is 0.223 e. The van der Waals surface area contributed by atoms with Crippen LogP contribution < -0.4 is 0 Å². The van der Waals surface area contributed by atoms with Gasteiger partial charge >= 0.3 is 0 Å². The van der Waals surface area contributed by atoms with Crippen LogP contribution in [-0.2, 0) is 16.0 Å². The minimum Gasteiger partial charge on any atom is -0.425 e. The standard InChI is InChI=1S/C18H25N5O3/c1-11(2)18-22-21-16(26-18)5-6-17(24)23-7-8-25-15(10-23)14-9-12(3)19-13(4)20-14/h9,11,15H,5-8,10H2,1-4H3/t15-/m0/s1. The van der Waals surface area contributed by atoms with Gasteiger partial charge in [0.15, 0.2) is 0 Å². The number of morpholine rings is 1. The molecule has 0 aliphatic carbocycles. The van der Waals surface area contributed by atoms with E-state index < -0.39 is 0 Å². The Kier molecular flexibility index (Phi) is 5.61. The summed E-state index contributed by atoms with van der Waals surface area (Å²) >= 11 is 0. The van der Waals surface area contributed by atoms with Crippen LogP contribution in [0.4, 0.5) is 0 Å². The third-order valence-electron chi connectivity index (χ3n) is 4.26. The van der Waals surface area contributed by atoms with Gasteiger partial charge in [0.1, 0.15) is 11.9 Å². The molecule has 3 heterocycles. The van der Waals surface area contributed by atoms with Crippen LogP contribution in [0, 0.1) is 13.8 Å². The molecular formula is C18H25N5O3. The molecule has 1 saturated heterocycles. The van der Waals surface area contributed by atoms with Gasteiger partial charge in [0, 0.05) is 31.0 Å². The topological polar surface area (TPSA) is 94.2 Å². The highest BCUT2D eigenvalue weighted by Crippen LogP contribution is 2.22. The molecule has 0 aromatic carbocycles. The summed E-state index contributed by atoms with van der Waals surface area (Å²) in [6.45, 7) is 9.35. The second-order valence-electron chi connectivity index (χ2n) is 6.87. The van der Waals surface area contributed by atoms with Gasteiger partial charge in [0.05, 0.1) is 18.8 Å². The van der Waals surface area contributed by atoms with Gasteiger partial charge in [-0.25, -0.2) is 9.97 Å². The predicted molar refractivity (Wildman–Crippen MR) is 93.5 cm³/mol. The second-order valence-corrected chi connectivity index (χ2v) is 6.87. The molecular weight excluding hydrogens is 334 g/mol. The quantitative estimate of drug-likeness (QED) is 0.807. The fourth-order valence-electron chi connectivity index (χ4n) is 2.94. The van der Waals surface area contributed by atoms with E-state index in [9.17, 15) is 4.79 Å². The summed E-state index contributed by atoms with van der Waals surface area (Å²) in [5.74, 6) is 2.07. The van der Waals surface area contributed by atoms with E-state index in [0.29, 0.717) is 50.1 Å². The lowest BCUT2D eigenvalue weighted by atomic mass is 10.1. The Balaban J connectivity index is 1.58. The van der Waals surface area contributed by atoms with Crippen molar-refractivity contribution >= 4 is 5.91 Å². The van der Waals surface area contributed by atoms with Crippen molar-refractivity contribution in [1.29, 1.82) is 0 Å². The number of hydrogen-bond acceptors (Lipinski definition) is 7. The van der Waals surface area contributed by atoms with E-state index in [1.54, 1.807) is 0 Å². The van der Waals surface area contributed by atoms with Crippen molar-refractivity contribution in [2.45, 2.75) is 52.6 Å². The minimum atomic E-state index is -0.218. The number of amides is 1. The maximum absolute atomic E-state index is 12.6. The van der Waals surface area contributed by atoms with Crippen LogP contribution in [0.2, 0.25) is 0 Å². The highest BCUT2D eigenvalue weighted by Gasteiger charge is 2.27. The first-order valence-corrected chi connectivity index (χ1v) is 8.96. The van der Waals surface area contributed by atoms with Gasteiger partial charge in [0.25, 0.3) is 0 Å². The van der Waals surface area contributed by atoms with E-state index in [1.807, 2.05) is 38.7 Å². The Morgan fingerprint density at radius 1 is 1.31 bits per heavy atom. The number of nitrogens with zero attached hydrogens (tertiary/aromatic N) is 5. The van der Waals surface area contributed by atoms with Gasteiger partial charge in [-0.1, -0.05) is 13.8 Å². The van der Waals surface area contributed by atoms with Gasteiger partial charge < -0.3 is 14.1 Å². The Labute approximate surface area is 153 Å². The molecule has 26 heavy (non-hydrogen) atoms. The first kappa shape index (κ1) is 18.4. The average molecular weight is 359 g/mol. The highest BCUT2D eigenvalue weighted by molar-refractivity contribution is 5.76. The average Bonchev–Trinajstić information content (AvgIpc) is 3.08. The molecule has 1 atom stereocenters. The first-order chi connectivity index (χ1) is 12.4. The van der Waals surface area contributed by atoms with E-state index in [4.69, 9.17) is 9.15 Å². The molecule has 1 aliphatic rings. The van der Waals surface area contributed by atoms with Crippen LogP contribution in [0.1, 0.15) is 61.3 Å². The number of carbonyl (C=O) groups excluding carboxylic acids is 1. The van der Waals surface area contributed by atoms with Crippen molar-refractivity contribution in [1.82, 2.24) is 25.1 Å². The Hall–Kier alpha value is -2.35. The van der Waals surface area contributed by atoms with Gasteiger partial charge in [-0.3, -0.25) is 4.79 Å². The molecule has 3 rings (SSSR count). The smallest absolute Gasteiger partial charge is 0.223 e. The largest absolute Gasteiger partial charge is 0.425 e. The van der Waals surface area contributed by atoms with Crippen molar-refractivity contribution in [3.8, 4) is 0 Å². The van der Waals surface area contributed by atoms with E-state index in [-0.39, 0.29) is 17.9 Å². The Morgan fingerprint density at radius 3 is 2.81 bits per heavy atom. The second kappa shape index (κ2) is 7.90. The monoisotopic (exact) mass is 359 g/mol. The number of rotatable bonds is 5. The number of ether oxygens (including phenoxy) is 1. The summed E-state index contributed by atoms with van der Waals surface area (Å²) < 4.78 is 11.4. The van der Waals surface area contributed by atoms with Crippen LogP contribution in [0.15, 0.2) is 10.5 Å². The molecule has 8 nitrogen and oxygen atoms in total. The maximum atomic E-state index is 12.6. The molecule has 140 valence electrons. The predicted octanol–water partition coefficient (Wildman–Crippen LogP) is 2.13. The zero-order chi connectivity index (χ0) is 18.7. The molecule has 0 unspecified atom stereocenters. The lowest BCUT2D eigenvalue weighted by molar-refractivity contribution is -0.139. The summed E-state index contributed by atoms with van der Waals surface area (Å²) in [4.78, 5) is 23.1. The van der Waals surface area contributed by atoms with Crippen molar-refractivity contribution in [3.63, 3.8) is 0 Å². The lowest BCUT2D eigenvalue weighted by Crippen LogP contribution is -2.42. The third kappa shape index (κ3) is 4.43. The van der Waals surface area contributed by atoms with E-state index in [2.05, 4.69) is 20.2 Å². The summed E-state index contributed by atoms with van der Waals surface area (Å²) in [7, 11) is 0. The van der Waals surface area contributed by atoms with Crippen LogP contribution in [-0.4, -0.2) is 50.7 Å². The van der Waals surface area contributed by atoms with Crippen LogP contribution in [0.5, 0.6) is 0 Å². The van der Waals surface area contributed by atoms with Gasteiger partial charge in [-0.2, -0.15) is 0 Å². The molecule has 1 aliphatic heterocycles. The molecule has 0 spiro atoms. The fourth-order valence-corrected chi connectivity index (χ4v) is 2.94. The number of hydrogen-bond donors (Lipinski definition) is 0. The molecule has 0 saturated carbocycles. The summed E-state index contributed by atoms with van der Waals surface area (Å²) in [5.41, 5.74) is 1.72. The molecule has 1 fully saturated rings. The molecule has 0 N–H and O–H groups in total. The molecule has 8 heteroatoms. The molecule has 0 bridgehead atoms. The summed E-state index contributed by atoms with van der Waals surface area (Å²) in [6, 6.07) is 1.91. The van der Waals surface area contributed by atoms with Gasteiger partial charge in [-0.05, 0) is 19.9 Å². The number of carbonyl (C=O) groups is 1. The third-order valence-corrected chi connectivity index (χ3v) is 4.26. The van der Waals surface area contributed by atoms with Crippen molar-refractivity contribution < 1.29 is 13.9 Å². The van der Waals surface area contributed by atoms with Gasteiger partial charge in [-0.15, -0.1) is 10.2 Å². The van der Waals surface area contributed by atoms with Crippen LogP contribution in [0.3, 0.4) is 0 Å². The van der Waals surface area contributed by atoms with Crippen molar-refractivity contribution in [2.75, 3.05) is 19.7 Å². The van der Waals surface area contributed by atoms with E-state index >= 15 is 0 Å². The Bertz CT molecular complexity index is 754. The zero-order valence-electron chi connectivity index (χ0n) is 15.7. The zero-order valence-corrected chi connectivity index (χ0v) is 15.7. The SMILES string of the molecule is Cc1cc([C@@H]2CN(C(=O)CCc3nnc(C(C)C)o3)CCO2)nc(C)n1. The Morgan fingerprint density at radius 2 is 2.12 bits per heavy atom. The highest BCUT2D eigenvalue weighted by atomic mass is 16.5. The normalized spacial score (nSPS) is 17.7. The van der Waals surface area contributed by atoms with E-state index in [0.717, 1.165) is 11.4 Å². The molecule has 2 aromatic heterocycles. The fraction of sp³-hybridized carbons (Fsp3) is 0.611. The molecule has 2 aromatic rings. The molecule has 1 amide bonds. The first-order valence-electron chi connectivity index (χ1n) is 8.96. The van der Waals surface area contributed by atoms with Gasteiger partial charge in [0.2, 0.25) is 17.7 Å². The van der Waals surface area contributed by atoms with E-state index in [1.165, 1.54) is 0 Å². The summed E-state index contributed by atoms with van der Waals surface area (Å²) in [5, 5.41) is 8.01. The van der Waals surface area contributed by atoms with Crippen molar-refractivity contribution in [2.24, 2.45) is 0 Å². The minimum absolute atomic E-state index is 0.0603. The number of aromatic nitrogens is 4. The van der Waals surface area contributed by atoms with Crippen LogP contribution >= 0.6 is 0 Å². The summed E-state index contributed by atoms with van der Waals surface area (Å²) in [6.07, 6.45) is 0.574. The number of aryl methyl sites for hydroxylation is 3. The molecule has 0 radical (unpaired) electrons. The lowest BCUT2D eigenvalue weighted by Gasteiger charge is -2.32.